The molecule has 2 rings (SSSR count). The first kappa shape index (κ1) is 13.5. The van der Waals surface area contributed by atoms with Gasteiger partial charge in [0.15, 0.2) is 5.78 Å². The zero-order chi connectivity index (χ0) is 13.1. The fourth-order valence-electron chi connectivity index (χ4n) is 1.66. The zero-order valence-electron chi connectivity index (χ0n) is 9.91. The number of rotatable bonds is 3. The Hall–Kier alpha value is -0.930. The third-order valence-corrected chi connectivity index (χ3v) is 4.15. The van der Waals surface area contributed by atoms with Crippen molar-refractivity contribution in [2.24, 2.45) is 0 Å². The summed E-state index contributed by atoms with van der Waals surface area (Å²) >= 11 is 6.83. The highest BCUT2D eigenvalue weighted by Gasteiger charge is 2.08. The summed E-state index contributed by atoms with van der Waals surface area (Å²) in [5.41, 5.74) is 2.91. The van der Waals surface area contributed by atoms with Gasteiger partial charge in [-0.1, -0.05) is 56.1 Å². The third kappa shape index (κ3) is 3.30. The van der Waals surface area contributed by atoms with Crippen molar-refractivity contribution in [3.63, 3.8) is 0 Å². The standard InChI is InChI=1S/C15H12Br2O/c1-10-2-5-12(9-14(10)17)15(18)8-11-3-6-13(16)7-4-11/h2-7,9H,8H2,1H3. The molecule has 92 valence electrons. The molecule has 0 heterocycles. The lowest BCUT2D eigenvalue weighted by atomic mass is 10.0. The summed E-state index contributed by atoms with van der Waals surface area (Å²) in [6.45, 7) is 2.01. The van der Waals surface area contributed by atoms with Crippen molar-refractivity contribution in [2.45, 2.75) is 13.3 Å². The van der Waals surface area contributed by atoms with Crippen LogP contribution >= 0.6 is 31.9 Å². The predicted octanol–water partition coefficient (Wildman–Crippen LogP) is 4.95. The molecule has 0 spiro atoms. The summed E-state index contributed by atoms with van der Waals surface area (Å²) in [4.78, 5) is 12.1. The van der Waals surface area contributed by atoms with E-state index in [0.717, 1.165) is 25.6 Å². The Morgan fingerprint density at radius 3 is 2.33 bits per heavy atom. The van der Waals surface area contributed by atoms with E-state index in [1.807, 2.05) is 49.4 Å². The topological polar surface area (TPSA) is 17.1 Å². The van der Waals surface area contributed by atoms with E-state index in [1.165, 1.54) is 0 Å². The van der Waals surface area contributed by atoms with Gasteiger partial charge in [0.1, 0.15) is 0 Å². The first-order valence-corrected chi connectivity index (χ1v) is 7.18. The van der Waals surface area contributed by atoms with Gasteiger partial charge in [0, 0.05) is 20.9 Å². The highest BCUT2D eigenvalue weighted by Crippen LogP contribution is 2.19. The third-order valence-electron chi connectivity index (χ3n) is 2.77. The van der Waals surface area contributed by atoms with Gasteiger partial charge < -0.3 is 0 Å². The second kappa shape index (κ2) is 5.81. The minimum absolute atomic E-state index is 0.137. The molecule has 0 aliphatic rings. The van der Waals surface area contributed by atoms with Gasteiger partial charge in [-0.2, -0.15) is 0 Å². The number of hydrogen-bond acceptors (Lipinski definition) is 1. The van der Waals surface area contributed by atoms with Crippen LogP contribution in [-0.4, -0.2) is 5.78 Å². The molecule has 0 unspecified atom stereocenters. The van der Waals surface area contributed by atoms with Crippen molar-refractivity contribution in [3.8, 4) is 0 Å². The average molecular weight is 368 g/mol. The number of carbonyl (C=O) groups is 1. The summed E-state index contributed by atoms with van der Waals surface area (Å²) < 4.78 is 2.00. The molecule has 3 heteroatoms. The SMILES string of the molecule is Cc1ccc(C(=O)Cc2ccc(Br)cc2)cc1Br. The Balaban J connectivity index is 2.16. The Labute approximate surface area is 123 Å². The molecule has 0 aromatic heterocycles. The van der Waals surface area contributed by atoms with Crippen molar-refractivity contribution in [2.75, 3.05) is 0 Å². The maximum atomic E-state index is 12.1. The van der Waals surface area contributed by atoms with Crippen molar-refractivity contribution in [3.05, 3.63) is 68.1 Å². The van der Waals surface area contributed by atoms with Crippen molar-refractivity contribution in [1.82, 2.24) is 0 Å². The molecule has 0 amide bonds. The zero-order valence-corrected chi connectivity index (χ0v) is 13.1. The maximum Gasteiger partial charge on any atom is 0.167 e. The molecule has 1 nitrogen and oxygen atoms in total. The second-order valence-corrected chi connectivity index (χ2v) is 5.96. The molecule has 0 aliphatic carbocycles. The molecule has 0 atom stereocenters. The summed E-state index contributed by atoms with van der Waals surface area (Å²) in [5, 5.41) is 0. The number of Topliss-reactive ketones (excluding diaryl/α,β-unsaturated/α-hetero) is 1. The highest BCUT2D eigenvalue weighted by atomic mass is 79.9. The second-order valence-electron chi connectivity index (χ2n) is 4.19. The molecule has 0 N–H and O–H groups in total. The van der Waals surface area contributed by atoms with E-state index in [4.69, 9.17) is 0 Å². The van der Waals surface area contributed by atoms with E-state index in [9.17, 15) is 4.79 Å². The van der Waals surface area contributed by atoms with Gasteiger partial charge in [-0.25, -0.2) is 0 Å². The van der Waals surface area contributed by atoms with Crippen LogP contribution in [0.1, 0.15) is 21.5 Å². The number of benzene rings is 2. The van der Waals surface area contributed by atoms with Crippen LogP contribution in [0.25, 0.3) is 0 Å². The van der Waals surface area contributed by atoms with Crippen molar-refractivity contribution >= 4 is 37.6 Å². The van der Waals surface area contributed by atoms with Gasteiger partial charge in [-0.3, -0.25) is 4.79 Å². The van der Waals surface area contributed by atoms with E-state index in [0.29, 0.717) is 6.42 Å². The first-order valence-electron chi connectivity index (χ1n) is 5.60. The lowest BCUT2D eigenvalue weighted by molar-refractivity contribution is 0.0993. The molecule has 0 saturated heterocycles. The van der Waals surface area contributed by atoms with E-state index >= 15 is 0 Å². The van der Waals surface area contributed by atoms with Gasteiger partial charge in [0.05, 0.1) is 0 Å². The summed E-state index contributed by atoms with van der Waals surface area (Å²) in [6, 6.07) is 13.6. The van der Waals surface area contributed by atoms with Crippen LogP contribution in [0.5, 0.6) is 0 Å². The lowest BCUT2D eigenvalue weighted by Crippen LogP contribution is -2.03. The minimum Gasteiger partial charge on any atom is -0.294 e. The monoisotopic (exact) mass is 366 g/mol. The summed E-state index contributed by atoms with van der Waals surface area (Å²) in [5.74, 6) is 0.137. The maximum absolute atomic E-state index is 12.1. The molecule has 0 fully saturated rings. The van der Waals surface area contributed by atoms with Crippen LogP contribution < -0.4 is 0 Å². The summed E-state index contributed by atoms with van der Waals surface area (Å²) in [7, 11) is 0. The van der Waals surface area contributed by atoms with E-state index in [-0.39, 0.29) is 5.78 Å². The number of carbonyl (C=O) groups excluding carboxylic acids is 1. The van der Waals surface area contributed by atoms with Crippen LogP contribution in [0.2, 0.25) is 0 Å². The van der Waals surface area contributed by atoms with Crippen molar-refractivity contribution in [1.29, 1.82) is 0 Å². The van der Waals surface area contributed by atoms with Crippen molar-refractivity contribution < 1.29 is 4.79 Å². The van der Waals surface area contributed by atoms with E-state index < -0.39 is 0 Å². The minimum atomic E-state index is 0.137. The first-order chi connectivity index (χ1) is 8.56. The normalized spacial score (nSPS) is 10.4. The quantitative estimate of drug-likeness (QED) is 0.701. The number of ketones is 1. The fourth-order valence-corrected chi connectivity index (χ4v) is 2.30. The largest absolute Gasteiger partial charge is 0.294 e. The lowest BCUT2D eigenvalue weighted by Gasteiger charge is -2.04. The van der Waals surface area contributed by atoms with Crippen LogP contribution in [-0.2, 0) is 6.42 Å². The molecule has 0 radical (unpaired) electrons. The molecular formula is C15H12Br2O. The van der Waals surface area contributed by atoms with Crippen LogP contribution in [0.3, 0.4) is 0 Å². The number of aryl methyl sites for hydroxylation is 1. The highest BCUT2D eigenvalue weighted by molar-refractivity contribution is 9.10. The number of halogens is 2. The van der Waals surface area contributed by atoms with Gasteiger partial charge in [-0.05, 0) is 36.2 Å². The Bertz CT molecular complexity index is 574. The number of hydrogen-bond donors (Lipinski definition) is 0. The average Bonchev–Trinajstić information content (AvgIpc) is 2.35. The molecule has 2 aromatic rings. The summed E-state index contributed by atoms with van der Waals surface area (Å²) in [6.07, 6.45) is 0.433. The predicted molar refractivity (Wildman–Crippen MR) is 81.1 cm³/mol. The van der Waals surface area contributed by atoms with E-state index in [2.05, 4.69) is 31.9 Å². The molecule has 0 bridgehead atoms. The molecule has 2 aromatic carbocycles. The van der Waals surface area contributed by atoms with Gasteiger partial charge in [0.25, 0.3) is 0 Å². The van der Waals surface area contributed by atoms with Crippen LogP contribution in [0, 0.1) is 6.92 Å². The molecular weight excluding hydrogens is 356 g/mol. The molecule has 0 saturated carbocycles. The van der Waals surface area contributed by atoms with Crippen LogP contribution in [0.4, 0.5) is 0 Å². The fraction of sp³-hybridized carbons (Fsp3) is 0.133. The Morgan fingerprint density at radius 1 is 1.06 bits per heavy atom. The van der Waals surface area contributed by atoms with Crippen LogP contribution in [0.15, 0.2) is 51.4 Å². The smallest absolute Gasteiger partial charge is 0.167 e. The van der Waals surface area contributed by atoms with Gasteiger partial charge in [-0.15, -0.1) is 0 Å². The molecule has 18 heavy (non-hydrogen) atoms. The Kier molecular flexibility index (Phi) is 4.36. The van der Waals surface area contributed by atoms with E-state index in [1.54, 1.807) is 0 Å². The molecule has 0 aliphatic heterocycles. The van der Waals surface area contributed by atoms with Gasteiger partial charge >= 0.3 is 0 Å². The Morgan fingerprint density at radius 2 is 1.72 bits per heavy atom. The van der Waals surface area contributed by atoms with Gasteiger partial charge in [0.2, 0.25) is 0 Å².